The van der Waals surface area contributed by atoms with E-state index in [0.717, 1.165) is 25.9 Å². The first-order valence-electron chi connectivity index (χ1n) is 7.98. The van der Waals surface area contributed by atoms with Crippen LogP contribution in [-0.4, -0.2) is 59.2 Å². The van der Waals surface area contributed by atoms with Crippen molar-refractivity contribution in [3.8, 4) is 11.8 Å². The van der Waals surface area contributed by atoms with Crippen LogP contribution in [0.15, 0.2) is 24.7 Å². The molecule has 0 radical (unpaired) electrons. The number of piperidine rings is 1. The number of aromatic nitrogens is 4. The number of rotatable bonds is 5. The van der Waals surface area contributed by atoms with E-state index < -0.39 is 0 Å². The van der Waals surface area contributed by atoms with Gasteiger partial charge < -0.3 is 19.7 Å². The van der Waals surface area contributed by atoms with Gasteiger partial charge in [-0.15, -0.1) is 0 Å². The van der Waals surface area contributed by atoms with E-state index in [1.54, 1.807) is 20.3 Å². The van der Waals surface area contributed by atoms with E-state index in [2.05, 4.69) is 30.2 Å². The minimum absolute atomic E-state index is 0.0817. The second-order valence-electron chi connectivity index (χ2n) is 5.58. The van der Waals surface area contributed by atoms with Crippen LogP contribution in [0.4, 0.5) is 5.95 Å². The van der Waals surface area contributed by atoms with Crippen molar-refractivity contribution in [2.45, 2.75) is 18.9 Å². The molecule has 3 heterocycles. The Balaban J connectivity index is 1.59. The molecule has 1 aliphatic heterocycles. The number of anilines is 1. The topological polar surface area (TPSA) is 102 Å². The monoisotopic (exact) mass is 344 g/mol. The molecule has 2 aromatic rings. The first-order chi connectivity index (χ1) is 12.2. The zero-order valence-electron chi connectivity index (χ0n) is 14.2. The zero-order chi connectivity index (χ0) is 17.6. The van der Waals surface area contributed by atoms with Gasteiger partial charge in [0.15, 0.2) is 0 Å². The van der Waals surface area contributed by atoms with E-state index in [1.165, 1.54) is 18.6 Å². The number of methoxy groups -OCH3 is 2. The van der Waals surface area contributed by atoms with Gasteiger partial charge in [0.2, 0.25) is 17.7 Å². The Morgan fingerprint density at radius 1 is 1.16 bits per heavy atom. The lowest BCUT2D eigenvalue weighted by atomic mass is 10.1. The SMILES string of the molecule is COc1cc(OC)nc(N2CCC(NC(=O)c3cnccn3)CC2)n1. The Bertz CT molecular complexity index is 697. The lowest BCUT2D eigenvalue weighted by Crippen LogP contribution is -2.45. The second-order valence-corrected chi connectivity index (χ2v) is 5.58. The molecule has 1 saturated heterocycles. The van der Waals surface area contributed by atoms with E-state index >= 15 is 0 Å². The lowest BCUT2D eigenvalue weighted by Gasteiger charge is -2.32. The number of hydrogen-bond acceptors (Lipinski definition) is 8. The number of carbonyl (C=O) groups is 1. The second kappa shape index (κ2) is 7.73. The molecule has 9 nitrogen and oxygen atoms in total. The maximum atomic E-state index is 12.1. The van der Waals surface area contributed by atoms with Crippen molar-refractivity contribution in [1.82, 2.24) is 25.3 Å². The number of ether oxygens (including phenoxy) is 2. The molecule has 0 aliphatic carbocycles. The zero-order valence-corrected chi connectivity index (χ0v) is 14.2. The minimum Gasteiger partial charge on any atom is -0.481 e. The van der Waals surface area contributed by atoms with Gasteiger partial charge in [0.25, 0.3) is 5.91 Å². The molecular formula is C16H20N6O3. The molecule has 3 rings (SSSR count). The van der Waals surface area contributed by atoms with Crippen LogP contribution in [0.3, 0.4) is 0 Å². The van der Waals surface area contributed by atoms with Gasteiger partial charge >= 0.3 is 0 Å². The summed E-state index contributed by atoms with van der Waals surface area (Å²) in [7, 11) is 3.11. The highest BCUT2D eigenvalue weighted by Gasteiger charge is 2.24. The third-order valence-corrected chi connectivity index (χ3v) is 3.99. The van der Waals surface area contributed by atoms with Crippen molar-refractivity contribution in [3.63, 3.8) is 0 Å². The summed E-state index contributed by atoms with van der Waals surface area (Å²) in [6, 6.07) is 1.72. The fourth-order valence-corrected chi connectivity index (χ4v) is 2.64. The molecule has 1 amide bonds. The summed E-state index contributed by atoms with van der Waals surface area (Å²) >= 11 is 0. The summed E-state index contributed by atoms with van der Waals surface area (Å²) in [6.45, 7) is 1.45. The first kappa shape index (κ1) is 16.9. The molecule has 2 aromatic heterocycles. The normalized spacial score (nSPS) is 14.9. The third-order valence-electron chi connectivity index (χ3n) is 3.99. The number of nitrogens with zero attached hydrogens (tertiary/aromatic N) is 5. The van der Waals surface area contributed by atoms with E-state index in [9.17, 15) is 4.79 Å². The average Bonchev–Trinajstić information content (AvgIpc) is 2.68. The summed E-state index contributed by atoms with van der Waals surface area (Å²) < 4.78 is 10.4. The van der Waals surface area contributed by atoms with E-state index in [1.807, 2.05) is 0 Å². The summed E-state index contributed by atoms with van der Waals surface area (Å²) in [5, 5.41) is 2.99. The predicted octanol–water partition coefficient (Wildman–Crippen LogP) is 0.683. The smallest absolute Gasteiger partial charge is 0.271 e. The summed E-state index contributed by atoms with van der Waals surface area (Å²) in [6.07, 6.45) is 6.08. The van der Waals surface area contributed by atoms with Crippen LogP contribution >= 0.6 is 0 Å². The van der Waals surface area contributed by atoms with Gasteiger partial charge in [-0.3, -0.25) is 9.78 Å². The van der Waals surface area contributed by atoms with Crippen LogP contribution in [0.25, 0.3) is 0 Å². The van der Waals surface area contributed by atoms with E-state index in [-0.39, 0.29) is 11.9 Å². The number of hydrogen-bond donors (Lipinski definition) is 1. The van der Waals surface area contributed by atoms with Gasteiger partial charge in [0, 0.05) is 31.5 Å². The first-order valence-corrected chi connectivity index (χ1v) is 7.98. The molecule has 1 N–H and O–H groups in total. The molecule has 9 heteroatoms. The molecular weight excluding hydrogens is 324 g/mol. The molecule has 1 fully saturated rings. The molecule has 25 heavy (non-hydrogen) atoms. The van der Waals surface area contributed by atoms with Gasteiger partial charge in [-0.05, 0) is 12.8 Å². The van der Waals surface area contributed by atoms with Crippen molar-refractivity contribution < 1.29 is 14.3 Å². The Labute approximate surface area is 145 Å². The van der Waals surface area contributed by atoms with Crippen LogP contribution in [0.5, 0.6) is 11.8 Å². The number of amides is 1. The van der Waals surface area contributed by atoms with Gasteiger partial charge in [-0.2, -0.15) is 9.97 Å². The molecule has 132 valence electrons. The average molecular weight is 344 g/mol. The predicted molar refractivity (Wildman–Crippen MR) is 89.9 cm³/mol. The number of carbonyl (C=O) groups excluding carboxylic acids is 1. The highest BCUT2D eigenvalue weighted by molar-refractivity contribution is 5.92. The highest BCUT2D eigenvalue weighted by Crippen LogP contribution is 2.22. The molecule has 0 aromatic carbocycles. The summed E-state index contributed by atoms with van der Waals surface area (Å²) in [5.74, 6) is 1.28. The van der Waals surface area contributed by atoms with E-state index in [4.69, 9.17) is 9.47 Å². The van der Waals surface area contributed by atoms with Crippen molar-refractivity contribution >= 4 is 11.9 Å². The van der Waals surface area contributed by atoms with Crippen molar-refractivity contribution in [2.75, 3.05) is 32.2 Å². The highest BCUT2D eigenvalue weighted by atomic mass is 16.5. The van der Waals surface area contributed by atoms with Crippen molar-refractivity contribution in [1.29, 1.82) is 0 Å². The Hall–Kier alpha value is -2.97. The van der Waals surface area contributed by atoms with Crippen molar-refractivity contribution in [2.24, 2.45) is 0 Å². The van der Waals surface area contributed by atoms with Crippen LogP contribution in [0.1, 0.15) is 23.3 Å². The van der Waals surface area contributed by atoms with Crippen LogP contribution in [0, 0.1) is 0 Å². The molecule has 0 saturated carbocycles. The lowest BCUT2D eigenvalue weighted by molar-refractivity contribution is 0.0925. The maximum absolute atomic E-state index is 12.1. The summed E-state index contributed by atoms with van der Waals surface area (Å²) in [5.41, 5.74) is 0.325. The Morgan fingerprint density at radius 3 is 2.40 bits per heavy atom. The molecule has 1 aliphatic rings. The summed E-state index contributed by atoms with van der Waals surface area (Å²) in [4.78, 5) is 30.8. The Morgan fingerprint density at radius 2 is 1.84 bits per heavy atom. The maximum Gasteiger partial charge on any atom is 0.271 e. The van der Waals surface area contributed by atoms with Crippen LogP contribution < -0.4 is 19.7 Å². The molecule has 0 bridgehead atoms. The van der Waals surface area contributed by atoms with Gasteiger partial charge in [0.05, 0.1) is 26.5 Å². The number of nitrogens with one attached hydrogen (secondary N) is 1. The molecule has 0 atom stereocenters. The minimum atomic E-state index is -0.203. The van der Waals surface area contributed by atoms with Crippen LogP contribution in [0.2, 0.25) is 0 Å². The van der Waals surface area contributed by atoms with E-state index in [0.29, 0.717) is 23.4 Å². The van der Waals surface area contributed by atoms with Crippen molar-refractivity contribution in [3.05, 3.63) is 30.4 Å². The fraction of sp³-hybridized carbons (Fsp3) is 0.438. The molecule has 0 unspecified atom stereocenters. The van der Waals surface area contributed by atoms with Crippen LogP contribution in [-0.2, 0) is 0 Å². The largest absolute Gasteiger partial charge is 0.481 e. The third kappa shape index (κ3) is 4.11. The van der Waals surface area contributed by atoms with Gasteiger partial charge in [-0.1, -0.05) is 0 Å². The fourth-order valence-electron chi connectivity index (χ4n) is 2.64. The van der Waals surface area contributed by atoms with Gasteiger partial charge in [-0.25, -0.2) is 4.98 Å². The Kier molecular flexibility index (Phi) is 5.22. The standard InChI is InChI=1S/C16H20N6O3/c1-24-13-9-14(25-2)21-16(20-13)22-7-3-11(4-8-22)19-15(23)12-10-17-5-6-18-12/h5-6,9-11H,3-4,7-8H2,1-2H3,(H,19,23). The quantitative estimate of drug-likeness (QED) is 0.845. The van der Waals surface area contributed by atoms with Gasteiger partial charge in [0.1, 0.15) is 5.69 Å². The molecule has 0 spiro atoms.